The van der Waals surface area contributed by atoms with Crippen molar-refractivity contribution in [3.63, 3.8) is 0 Å². The van der Waals surface area contributed by atoms with E-state index in [2.05, 4.69) is 37.1 Å². The lowest BCUT2D eigenvalue weighted by Gasteiger charge is -2.31. The van der Waals surface area contributed by atoms with Gasteiger partial charge in [0.05, 0.1) is 67.7 Å². The van der Waals surface area contributed by atoms with E-state index in [9.17, 15) is 18.5 Å². The molecule has 1 N–H and O–H groups in total. The van der Waals surface area contributed by atoms with Crippen LogP contribution in [0.25, 0.3) is 10.9 Å². The predicted octanol–water partition coefficient (Wildman–Crippen LogP) is 3.31. The summed E-state index contributed by atoms with van der Waals surface area (Å²) in [6, 6.07) is 2.90. The molecule has 2 saturated heterocycles. The highest BCUT2D eigenvalue weighted by molar-refractivity contribution is 7.92. The van der Waals surface area contributed by atoms with Crippen LogP contribution in [0, 0.1) is 10.1 Å². The van der Waals surface area contributed by atoms with Crippen molar-refractivity contribution < 1.29 is 27.6 Å². The fourth-order valence-corrected chi connectivity index (χ4v) is 8.49. The lowest BCUT2D eigenvalue weighted by atomic mass is 9.93. The summed E-state index contributed by atoms with van der Waals surface area (Å²) in [7, 11) is -0.327. The molecule has 18 nitrogen and oxygen atoms in total. The molecular weight excluding hydrogens is 707 g/mol. The Bertz CT molecular complexity index is 2030. The minimum Gasteiger partial charge on any atom is -0.486 e. The van der Waals surface area contributed by atoms with Gasteiger partial charge in [0, 0.05) is 38.3 Å². The van der Waals surface area contributed by atoms with Crippen LogP contribution in [-0.4, -0.2) is 119 Å². The molecule has 2 aliphatic heterocycles. The van der Waals surface area contributed by atoms with Gasteiger partial charge in [0.25, 0.3) is 0 Å². The van der Waals surface area contributed by atoms with E-state index >= 15 is 0 Å². The number of hydrogen-bond donors (Lipinski definition) is 1. The molecule has 1 aliphatic carbocycles. The third kappa shape index (κ3) is 8.21. The molecule has 2 atom stereocenters. The molecule has 2 unspecified atom stereocenters. The van der Waals surface area contributed by atoms with E-state index in [1.54, 1.807) is 25.4 Å². The van der Waals surface area contributed by atoms with Crippen LogP contribution in [0.15, 0.2) is 36.9 Å². The van der Waals surface area contributed by atoms with Crippen LogP contribution in [0.1, 0.15) is 50.8 Å². The number of likely N-dealkylation sites (N-methyl/N-ethyl adjacent to an activating group) is 1. The van der Waals surface area contributed by atoms with Gasteiger partial charge in [0.15, 0.2) is 5.75 Å². The second-order valence-corrected chi connectivity index (χ2v) is 15.8. The number of pyridine rings is 2. The lowest BCUT2D eigenvalue weighted by molar-refractivity contribution is -0.396. The molecule has 1 saturated carbocycles. The van der Waals surface area contributed by atoms with Gasteiger partial charge in [0.2, 0.25) is 21.9 Å². The molecule has 0 radical (unpaired) electrons. The molecule has 284 valence electrons. The molecule has 53 heavy (non-hydrogen) atoms. The van der Waals surface area contributed by atoms with Crippen molar-refractivity contribution in [3.8, 4) is 11.6 Å². The Kier molecular flexibility index (Phi) is 10.5. The molecule has 4 aromatic rings. The Labute approximate surface area is 307 Å². The molecule has 4 aromatic heterocycles. The smallest absolute Gasteiger partial charge is 0.434 e. The Hall–Kier alpha value is -4.88. The maximum atomic E-state index is 13.3. The minimum atomic E-state index is -3.90. The molecule has 7 rings (SSSR count). The maximum Gasteiger partial charge on any atom is 0.434 e. The molecule has 19 heteroatoms. The number of imidazole rings is 1. The van der Waals surface area contributed by atoms with Crippen molar-refractivity contribution in [1.29, 1.82) is 0 Å². The highest BCUT2D eigenvalue weighted by atomic mass is 32.2. The number of hydrogen-bond acceptors (Lipinski definition) is 15. The van der Waals surface area contributed by atoms with E-state index in [0.717, 1.165) is 51.4 Å². The van der Waals surface area contributed by atoms with Crippen molar-refractivity contribution in [2.75, 3.05) is 67.2 Å². The first-order valence-electron chi connectivity index (χ1n) is 17.8. The van der Waals surface area contributed by atoms with Crippen molar-refractivity contribution in [3.05, 3.63) is 52.7 Å². The number of nitro groups is 1. The second-order valence-electron chi connectivity index (χ2n) is 13.9. The van der Waals surface area contributed by atoms with Crippen LogP contribution in [-0.2, 0) is 21.8 Å². The van der Waals surface area contributed by atoms with E-state index in [4.69, 9.17) is 24.2 Å². The van der Waals surface area contributed by atoms with Crippen LogP contribution < -0.4 is 24.0 Å². The zero-order chi connectivity index (χ0) is 37.3. The summed E-state index contributed by atoms with van der Waals surface area (Å²) >= 11 is 0. The molecule has 0 bridgehead atoms. The summed E-state index contributed by atoms with van der Waals surface area (Å²) < 4.78 is 47.3. The van der Waals surface area contributed by atoms with Gasteiger partial charge in [-0.25, -0.2) is 23.0 Å². The van der Waals surface area contributed by atoms with Gasteiger partial charge in [-0.05, 0) is 57.1 Å². The van der Waals surface area contributed by atoms with E-state index in [1.807, 2.05) is 6.07 Å². The highest BCUT2D eigenvalue weighted by Crippen LogP contribution is 2.37. The monoisotopic (exact) mass is 751 g/mol. The number of morpholine rings is 1. The zero-order valence-corrected chi connectivity index (χ0v) is 31.1. The summed E-state index contributed by atoms with van der Waals surface area (Å²) in [6.07, 6.45) is 11.5. The van der Waals surface area contributed by atoms with Crippen molar-refractivity contribution in [2.45, 2.75) is 63.3 Å². The Morgan fingerprint density at radius 1 is 0.962 bits per heavy atom. The quantitative estimate of drug-likeness (QED) is 0.163. The number of likely N-dealkylation sites (tertiary alicyclic amines) is 1. The first-order chi connectivity index (χ1) is 25.4. The van der Waals surface area contributed by atoms with E-state index in [-0.39, 0.29) is 29.9 Å². The van der Waals surface area contributed by atoms with E-state index in [1.165, 1.54) is 28.3 Å². The molecule has 6 heterocycles. The van der Waals surface area contributed by atoms with Crippen LogP contribution in [0.3, 0.4) is 0 Å². The summed E-state index contributed by atoms with van der Waals surface area (Å²) in [4.78, 5) is 37.8. The van der Waals surface area contributed by atoms with Crippen molar-refractivity contribution >= 4 is 44.3 Å². The molecule has 3 fully saturated rings. The number of aromatic nitrogens is 6. The van der Waals surface area contributed by atoms with Crippen LogP contribution in [0.5, 0.6) is 11.6 Å². The number of sulfonamides is 1. The van der Waals surface area contributed by atoms with Crippen molar-refractivity contribution in [2.24, 2.45) is 7.05 Å². The topological polar surface area (TPSA) is 196 Å². The van der Waals surface area contributed by atoms with Gasteiger partial charge in [-0.2, -0.15) is 4.98 Å². The number of rotatable bonds is 12. The summed E-state index contributed by atoms with van der Waals surface area (Å²) in [5.74, 6) is 1.89. The van der Waals surface area contributed by atoms with Crippen LogP contribution in [0.2, 0.25) is 0 Å². The average molecular weight is 752 g/mol. The van der Waals surface area contributed by atoms with E-state index in [0.29, 0.717) is 66.3 Å². The lowest BCUT2D eigenvalue weighted by Crippen LogP contribution is -2.37. The van der Waals surface area contributed by atoms with Gasteiger partial charge in [0.1, 0.15) is 29.9 Å². The number of nitrogens with one attached hydrogen (secondary N) is 1. The molecule has 0 amide bonds. The van der Waals surface area contributed by atoms with Gasteiger partial charge in [-0.3, -0.25) is 9.29 Å². The largest absolute Gasteiger partial charge is 0.486 e. The normalized spacial score (nSPS) is 21.7. The standard InChI is InChI=1S/C34H45N11O7S/c1-22(30-20-38-34(42(30)3)45(46)47)44(53(4,48)49)24-15-28-29(35-17-24)16-31(43-11-13-50-14-12-43)40-32(28)52-25-7-5-23(6-8-25)39-33-36-18-27(19-37-33)51-26-9-10-41(2)21-26/h15-20,22-23,25-26H,5-14,21H2,1-4H3,(H,36,37,39). The molecule has 0 aromatic carbocycles. The zero-order valence-electron chi connectivity index (χ0n) is 30.3. The maximum absolute atomic E-state index is 13.3. The third-order valence-electron chi connectivity index (χ3n) is 10.1. The SMILES string of the molecule is CC(c1cnc([N+](=O)[O-])n1C)N(c1cnc2cc(N3CCOCC3)nc(OC3CCC(Nc4ncc(OC5CCN(C)C5)cn4)CC3)c2c1)S(C)(=O)=O. The summed E-state index contributed by atoms with van der Waals surface area (Å²) in [5.41, 5.74) is 1.20. The fourth-order valence-electron chi connectivity index (χ4n) is 7.33. The van der Waals surface area contributed by atoms with Crippen LogP contribution in [0.4, 0.5) is 23.4 Å². The molecule has 3 aliphatic rings. The Morgan fingerprint density at radius 3 is 2.34 bits per heavy atom. The van der Waals surface area contributed by atoms with Crippen LogP contribution >= 0.6 is 0 Å². The van der Waals surface area contributed by atoms with Crippen molar-refractivity contribution in [1.82, 2.24) is 34.4 Å². The number of nitrogens with zero attached hydrogens (tertiary/aromatic N) is 10. The van der Waals surface area contributed by atoms with Gasteiger partial charge in [-0.15, -0.1) is 0 Å². The Balaban J connectivity index is 1.10. The Morgan fingerprint density at radius 2 is 1.70 bits per heavy atom. The second kappa shape index (κ2) is 15.2. The van der Waals surface area contributed by atoms with Gasteiger partial charge >= 0.3 is 5.95 Å². The first-order valence-corrected chi connectivity index (χ1v) is 19.7. The first kappa shape index (κ1) is 36.5. The molecular formula is C34H45N11O7S. The highest BCUT2D eigenvalue weighted by Gasteiger charge is 2.33. The molecule has 0 spiro atoms. The fraction of sp³-hybridized carbons (Fsp3) is 0.559. The summed E-state index contributed by atoms with van der Waals surface area (Å²) in [6.45, 7) is 6.04. The van der Waals surface area contributed by atoms with Gasteiger partial charge < -0.3 is 39.4 Å². The third-order valence-corrected chi connectivity index (χ3v) is 11.3. The summed E-state index contributed by atoms with van der Waals surface area (Å²) in [5, 5.41) is 15.5. The van der Waals surface area contributed by atoms with E-state index < -0.39 is 21.0 Å². The van der Waals surface area contributed by atoms with Gasteiger partial charge in [-0.1, -0.05) is 4.98 Å². The number of fused-ring (bicyclic) bond motifs is 1. The minimum absolute atomic E-state index is 0.145. The number of ether oxygens (including phenoxy) is 3. The average Bonchev–Trinajstić information content (AvgIpc) is 3.74. The predicted molar refractivity (Wildman–Crippen MR) is 197 cm³/mol. The number of anilines is 3.